The molecule has 3 rings (SSSR count). The molecule has 0 spiro atoms. The Balaban J connectivity index is 1.92. The topological polar surface area (TPSA) is 54.9 Å². The van der Waals surface area contributed by atoms with Crippen LogP contribution >= 0.6 is 23.1 Å². The number of nitrogens with one attached hydrogen (secondary N) is 1. The second-order valence-electron chi connectivity index (χ2n) is 5.30. The number of amides is 1. The molecule has 22 heavy (non-hydrogen) atoms. The van der Waals surface area contributed by atoms with Crippen LogP contribution in [0.5, 0.6) is 0 Å². The molecule has 0 aliphatic heterocycles. The number of carbonyl (C=O) groups is 1. The zero-order valence-electron chi connectivity index (χ0n) is 11.4. The number of halogens is 4. The number of aryl methyl sites for hydroxylation is 1. The lowest BCUT2D eigenvalue weighted by molar-refractivity contribution is -0.158. The molecule has 9 heteroatoms. The van der Waals surface area contributed by atoms with Gasteiger partial charge < -0.3 is 5.32 Å². The molecule has 1 fully saturated rings. The third-order valence-electron chi connectivity index (χ3n) is 3.53. The highest BCUT2D eigenvalue weighted by Gasteiger charge is 2.50. The molecular formula is C13H11ClF3N3OS. The van der Waals surface area contributed by atoms with Crippen molar-refractivity contribution in [2.24, 2.45) is 5.92 Å². The van der Waals surface area contributed by atoms with Gasteiger partial charge in [-0.2, -0.15) is 17.5 Å². The normalized spacial score (nSPS) is 16.8. The highest BCUT2D eigenvalue weighted by molar-refractivity contribution is 7.13. The zero-order valence-corrected chi connectivity index (χ0v) is 12.9. The van der Waals surface area contributed by atoms with Crippen LogP contribution in [0.4, 0.5) is 13.2 Å². The van der Waals surface area contributed by atoms with Gasteiger partial charge in [0.05, 0.1) is 4.70 Å². The summed E-state index contributed by atoms with van der Waals surface area (Å²) < 4.78 is 43.6. The first-order valence-corrected chi connectivity index (χ1v) is 7.72. The average molecular weight is 350 g/mol. The first kappa shape index (κ1) is 15.5. The van der Waals surface area contributed by atoms with E-state index in [1.807, 2.05) is 5.32 Å². The van der Waals surface area contributed by atoms with Crippen molar-refractivity contribution in [3.05, 3.63) is 22.5 Å². The molecule has 4 nitrogen and oxygen atoms in total. The van der Waals surface area contributed by atoms with E-state index in [1.165, 1.54) is 0 Å². The fourth-order valence-corrected chi connectivity index (χ4v) is 3.32. The lowest BCUT2D eigenvalue weighted by atomic mass is 10.1. The number of carbonyl (C=O) groups excluding carboxylic acids is 1. The van der Waals surface area contributed by atoms with Gasteiger partial charge >= 0.3 is 6.18 Å². The van der Waals surface area contributed by atoms with E-state index < -0.39 is 24.0 Å². The first-order chi connectivity index (χ1) is 10.3. The highest BCUT2D eigenvalue weighted by Crippen LogP contribution is 2.40. The van der Waals surface area contributed by atoms with Gasteiger partial charge in [0.2, 0.25) is 0 Å². The van der Waals surface area contributed by atoms with Gasteiger partial charge in [0.15, 0.2) is 5.69 Å². The van der Waals surface area contributed by atoms with Gasteiger partial charge in [0.1, 0.15) is 16.7 Å². The number of aromatic nitrogens is 2. The van der Waals surface area contributed by atoms with E-state index in [2.05, 4.69) is 9.36 Å². The van der Waals surface area contributed by atoms with E-state index in [4.69, 9.17) is 11.6 Å². The van der Waals surface area contributed by atoms with Gasteiger partial charge in [-0.1, -0.05) is 11.6 Å². The molecule has 1 atom stereocenters. The van der Waals surface area contributed by atoms with E-state index in [9.17, 15) is 18.0 Å². The Morgan fingerprint density at radius 2 is 2.18 bits per heavy atom. The summed E-state index contributed by atoms with van der Waals surface area (Å²) in [5, 5.41) is 2.22. The van der Waals surface area contributed by atoms with E-state index in [-0.39, 0.29) is 16.4 Å². The van der Waals surface area contributed by atoms with Crippen LogP contribution in [-0.4, -0.2) is 27.5 Å². The Morgan fingerprint density at radius 1 is 1.50 bits per heavy atom. The Kier molecular flexibility index (Phi) is 3.76. The summed E-state index contributed by atoms with van der Waals surface area (Å²) in [7, 11) is 0. The molecule has 1 aliphatic rings. The molecule has 0 aromatic carbocycles. The third kappa shape index (κ3) is 2.89. The van der Waals surface area contributed by atoms with Gasteiger partial charge in [-0.15, -0.1) is 0 Å². The number of alkyl halides is 3. The Hall–Kier alpha value is -1.41. The second kappa shape index (κ2) is 5.34. The molecule has 2 aromatic heterocycles. The van der Waals surface area contributed by atoms with Crippen molar-refractivity contribution in [3.63, 3.8) is 0 Å². The van der Waals surface area contributed by atoms with Crippen molar-refractivity contribution in [3.8, 4) is 0 Å². The summed E-state index contributed by atoms with van der Waals surface area (Å²) in [5.74, 6) is -1.42. The molecule has 0 saturated heterocycles. The lowest BCUT2D eigenvalue weighted by Crippen LogP contribution is -2.47. The Labute approximate surface area is 132 Å². The van der Waals surface area contributed by atoms with Crippen molar-refractivity contribution in [1.29, 1.82) is 0 Å². The predicted octanol–water partition coefficient (Wildman–Crippen LogP) is 3.72. The van der Waals surface area contributed by atoms with Gasteiger partial charge in [-0.25, -0.2) is 4.98 Å². The van der Waals surface area contributed by atoms with E-state index in [1.54, 1.807) is 13.0 Å². The van der Waals surface area contributed by atoms with Crippen LogP contribution < -0.4 is 5.32 Å². The van der Waals surface area contributed by atoms with E-state index in [0.29, 0.717) is 17.5 Å². The van der Waals surface area contributed by atoms with Crippen molar-refractivity contribution in [2.75, 3.05) is 0 Å². The van der Waals surface area contributed by atoms with Gasteiger partial charge in [0.25, 0.3) is 5.91 Å². The summed E-state index contributed by atoms with van der Waals surface area (Å²) in [6.45, 7) is 1.78. The van der Waals surface area contributed by atoms with Crippen molar-refractivity contribution in [2.45, 2.75) is 32.0 Å². The molecule has 0 bridgehead atoms. The average Bonchev–Trinajstić information content (AvgIpc) is 3.13. The number of fused-ring (bicyclic) bond motifs is 1. The number of hydrogen-bond donors (Lipinski definition) is 1. The minimum atomic E-state index is -4.47. The highest BCUT2D eigenvalue weighted by atomic mass is 35.5. The van der Waals surface area contributed by atoms with Crippen molar-refractivity contribution < 1.29 is 18.0 Å². The Bertz CT molecular complexity index is 742. The number of hydrogen-bond acceptors (Lipinski definition) is 4. The van der Waals surface area contributed by atoms with E-state index >= 15 is 0 Å². The lowest BCUT2D eigenvalue weighted by Gasteiger charge is -2.20. The van der Waals surface area contributed by atoms with Crippen LogP contribution in [0.1, 0.15) is 28.9 Å². The molecule has 2 aromatic rings. The summed E-state index contributed by atoms with van der Waals surface area (Å²) in [6.07, 6.45) is -3.54. The molecule has 1 amide bonds. The Morgan fingerprint density at radius 3 is 2.77 bits per heavy atom. The minimum Gasteiger partial charge on any atom is -0.339 e. The summed E-state index contributed by atoms with van der Waals surface area (Å²) in [6, 6.07) is -0.219. The maximum atomic E-state index is 13.0. The molecule has 1 saturated carbocycles. The van der Waals surface area contributed by atoms with Gasteiger partial charge in [-0.05, 0) is 48.8 Å². The van der Waals surface area contributed by atoms with Gasteiger partial charge in [-0.3, -0.25) is 4.79 Å². The van der Waals surface area contributed by atoms with Crippen LogP contribution in [0.3, 0.4) is 0 Å². The molecule has 1 N–H and O–H groups in total. The van der Waals surface area contributed by atoms with Gasteiger partial charge in [0, 0.05) is 0 Å². The summed E-state index contributed by atoms with van der Waals surface area (Å²) in [5.41, 5.74) is 0.908. The monoisotopic (exact) mass is 349 g/mol. The van der Waals surface area contributed by atoms with Crippen molar-refractivity contribution in [1.82, 2.24) is 14.7 Å². The maximum Gasteiger partial charge on any atom is 0.408 e. The first-order valence-electron chi connectivity index (χ1n) is 6.57. The van der Waals surface area contributed by atoms with Crippen LogP contribution in [-0.2, 0) is 0 Å². The largest absolute Gasteiger partial charge is 0.408 e. The van der Waals surface area contributed by atoms with Crippen LogP contribution in [0.2, 0.25) is 5.15 Å². The quantitative estimate of drug-likeness (QED) is 0.859. The standard InChI is InChI=1S/C13H11ClF3N3OS/c1-5-4-7(14)18-8-9(20-22-10(5)8)12(21)19-11(6-2-3-6)13(15,16)17/h4,6,11H,2-3H2,1H3,(H,19,21). The molecule has 2 heterocycles. The second-order valence-corrected chi connectivity index (χ2v) is 6.46. The molecule has 1 aliphatic carbocycles. The van der Waals surface area contributed by atoms with Crippen molar-refractivity contribution >= 4 is 39.3 Å². The van der Waals surface area contributed by atoms with Crippen LogP contribution in [0.15, 0.2) is 6.07 Å². The third-order valence-corrected chi connectivity index (χ3v) is 4.69. The molecule has 118 valence electrons. The SMILES string of the molecule is Cc1cc(Cl)nc2c(C(=O)NC(C3CC3)C(F)(F)F)nsc12. The fourth-order valence-electron chi connectivity index (χ4n) is 2.29. The van der Waals surface area contributed by atoms with E-state index in [0.717, 1.165) is 17.1 Å². The molecule has 0 radical (unpaired) electrons. The number of rotatable bonds is 3. The zero-order chi connectivity index (χ0) is 16.1. The minimum absolute atomic E-state index is 0.111. The molecule has 1 unspecified atom stereocenters. The summed E-state index contributed by atoms with van der Waals surface area (Å²) in [4.78, 5) is 16.2. The maximum absolute atomic E-state index is 13.0. The fraction of sp³-hybridized carbons (Fsp3) is 0.462. The molecular weight excluding hydrogens is 339 g/mol. The smallest absolute Gasteiger partial charge is 0.339 e. The summed E-state index contributed by atoms with van der Waals surface area (Å²) >= 11 is 6.87. The number of nitrogens with zero attached hydrogens (tertiary/aromatic N) is 2. The van der Waals surface area contributed by atoms with Crippen LogP contribution in [0, 0.1) is 12.8 Å². The van der Waals surface area contributed by atoms with Crippen LogP contribution in [0.25, 0.3) is 10.2 Å². The predicted molar refractivity (Wildman–Crippen MR) is 77.2 cm³/mol. The number of pyridine rings is 1.